The summed E-state index contributed by atoms with van der Waals surface area (Å²) in [5.41, 5.74) is -0.135. The number of carbonyl (C=O) groups is 2. The second-order valence-corrected chi connectivity index (χ2v) is 11.6. The lowest BCUT2D eigenvalue weighted by molar-refractivity contribution is -0.140. The van der Waals surface area contributed by atoms with Gasteiger partial charge in [-0.05, 0) is 76.8 Å². The van der Waals surface area contributed by atoms with Crippen molar-refractivity contribution in [3.05, 3.63) is 52.9 Å². The molecule has 1 aliphatic carbocycles. The first-order chi connectivity index (χ1) is 18.6. The molecule has 0 aliphatic heterocycles. The van der Waals surface area contributed by atoms with Gasteiger partial charge in [0.2, 0.25) is 0 Å². The molecule has 40 heavy (non-hydrogen) atoms. The van der Waals surface area contributed by atoms with Crippen molar-refractivity contribution >= 4 is 45.9 Å². The first kappa shape index (κ1) is 29.5. The quantitative estimate of drug-likeness (QED) is 0.348. The summed E-state index contributed by atoms with van der Waals surface area (Å²) in [6, 6.07) is 7.18. The monoisotopic (exact) mass is 579 g/mol. The molecule has 1 saturated carbocycles. The number of benzene rings is 1. The second kappa shape index (κ2) is 11.2. The molecule has 0 unspecified atom stereocenters. The molecule has 2 heterocycles. The molecule has 0 spiro atoms. The fraction of sp³-hybridized carbons (Fsp3) is 0.464. The van der Waals surface area contributed by atoms with Gasteiger partial charge in [0.05, 0.1) is 11.2 Å². The van der Waals surface area contributed by atoms with E-state index in [1.54, 1.807) is 57.8 Å². The van der Waals surface area contributed by atoms with E-state index in [1.807, 2.05) is 4.90 Å². The number of alkyl halides is 3. The van der Waals surface area contributed by atoms with Crippen molar-refractivity contribution in [3.8, 4) is 0 Å². The molecule has 12 heteroatoms. The first-order valence-electron chi connectivity index (χ1n) is 13.0. The molecule has 3 aromatic rings. The lowest BCUT2D eigenvalue weighted by atomic mass is 9.89. The van der Waals surface area contributed by atoms with E-state index in [4.69, 9.17) is 16.3 Å². The van der Waals surface area contributed by atoms with Gasteiger partial charge in [-0.1, -0.05) is 11.6 Å². The number of hydrogen-bond acceptors (Lipinski definition) is 5. The van der Waals surface area contributed by atoms with Gasteiger partial charge >= 0.3 is 12.3 Å². The fourth-order valence-corrected chi connectivity index (χ4v) is 5.13. The number of pyridine rings is 1. The molecule has 4 rings (SSSR count). The summed E-state index contributed by atoms with van der Waals surface area (Å²) in [7, 11) is 3.49. The molecule has 1 aliphatic rings. The maximum Gasteiger partial charge on any atom is 0.433 e. The number of rotatable bonds is 5. The Balaban J connectivity index is 1.41. The minimum Gasteiger partial charge on any atom is -0.444 e. The van der Waals surface area contributed by atoms with Gasteiger partial charge in [-0.15, -0.1) is 0 Å². The lowest BCUT2D eigenvalue weighted by Crippen LogP contribution is -2.43. The third-order valence-corrected chi connectivity index (χ3v) is 7.12. The molecular formula is C28H33ClF3N5O3. The lowest BCUT2D eigenvalue weighted by Gasteiger charge is -2.37. The maximum absolute atomic E-state index is 13.6. The van der Waals surface area contributed by atoms with Crippen LogP contribution in [-0.4, -0.2) is 46.3 Å². The summed E-state index contributed by atoms with van der Waals surface area (Å²) in [4.78, 5) is 30.7. The summed E-state index contributed by atoms with van der Waals surface area (Å²) in [5.74, 6) is -0.277. The van der Waals surface area contributed by atoms with E-state index in [0.29, 0.717) is 53.2 Å². The van der Waals surface area contributed by atoms with Gasteiger partial charge in [0, 0.05) is 48.5 Å². The number of hydrogen-bond donors (Lipinski definition) is 2. The van der Waals surface area contributed by atoms with Crippen molar-refractivity contribution in [1.82, 2.24) is 14.9 Å². The van der Waals surface area contributed by atoms with E-state index >= 15 is 0 Å². The Kier molecular flexibility index (Phi) is 8.26. The van der Waals surface area contributed by atoms with Crippen LogP contribution in [0.3, 0.4) is 0 Å². The molecule has 0 bridgehead atoms. The van der Waals surface area contributed by atoms with Crippen LogP contribution < -0.4 is 15.5 Å². The number of amides is 2. The van der Waals surface area contributed by atoms with Crippen LogP contribution in [0.25, 0.3) is 10.9 Å². The van der Waals surface area contributed by atoms with E-state index in [-0.39, 0.29) is 23.5 Å². The molecule has 8 nitrogen and oxygen atoms in total. The number of anilines is 2. The zero-order valence-corrected chi connectivity index (χ0v) is 23.8. The molecule has 0 radical (unpaired) electrons. The van der Waals surface area contributed by atoms with Crippen LogP contribution in [0.4, 0.5) is 29.3 Å². The van der Waals surface area contributed by atoms with Gasteiger partial charge in [0.25, 0.3) is 5.91 Å². The van der Waals surface area contributed by atoms with E-state index < -0.39 is 23.6 Å². The van der Waals surface area contributed by atoms with Crippen molar-refractivity contribution in [2.24, 2.45) is 7.05 Å². The number of nitrogens with zero attached hydrogens (tertiary/aromatic N) is 3. The van der Waals surface area contributed by atoms with Crippen molar-refractivity contribution in [1.29, 1.82) is 0 Å². The second-order valence-electron chi connectivity index (χ2n) is 11.1. The van der Waals surface area contributed by atoms with E-state index in [1.165, 1.54) is 12.1 Å². The predicted molar refractivity (Wildman–Crippen MR) is 149 cm³/mol. The Morgan fingerprint density at radius 2 is 1.77 bits per heavy atom. The SMILES string of the molecule is CN(c1cc(C(F)(F)F)nc2ccc(Cl)cc12)C1CCC(NC(=O)c2cc(NC(=O)OC(C)(C)C)cn2C)CC1. The van der Waals surface area contributed by atoms with Crippen LogP contribution in [0.2, 0.25) is 5.02 Å². The zero-order valence-electron chi connectivity index (χ0n) is 23.0. The maximum atomic E-state index is 13.6. The van der Waals surface area contributed by atoms with Crippen LogP contribution in [0.15, 0.2) is 36.5 Å². The van der Waals surface area contributed by atoms with E-state index in [0.717, 1.165) is 6.07 Å². The standard InChI is InChI=1S/C28H33ClF3N5O3/c1-27(2,3)40-26(39)34-18-13-23(36(4)15-18)25(38)33-17-7-9-19(10-8-17)37(5)22-14-24(28(30,31)32)35-21-11-6-16(29)12-20(21)22/h6,11-15,17,19H,7-10H2,1-5H3,(H,33,38)(H,34,39). The van der Waals surface area contributed by atoms with Crippen molar-refractivity contribution in [3.63, 3.8) is 0 Å². The highest BCUT2D eigenvalue weighted by atomic mass is 35.5. The topological polar surface area (TPSA) is 88.5 Å². The Morgan fingerprint density at radius 3 is 2.40 bits per heavy atom. The molecular weight excluding hydrogens is 547 g/mol. The van der Waals surface area contributed by atoms with Crippen LogP contribution >= 0.6 is 11.6 Å². The third kappa shape index (κ3) is 6.99. The normalized spacial score (nSPS) is 17.9. The Labute approximate surface area is 235 Å². The number of nitrogens with one attached hydrogen (secondary N) is 2. The summed E-state index contributed by atoms with van der Waals surface area (Å²) in [6.07, 6.45) is -0.902. The molecule has 0 saturated heterocycles. The average Bonchev–Trinajstić information content (AvgIpc) is 3.21. The van der Waals surface area contributed by atoms with Crippen LogP contribution in [-0.2, 0) is 18.0 Å². The van der Waals surface area contributed by atoms with E-state index in [2.05, 4.69) is 15.6 Å². The number of aryl methyl sites for hydroxylation is 1. The summed E-state index contributed by atoms with van der Waals surface area (Å²) in [5, 5.41) is 6.65. The smallest absolute Gasteiger partial charge is 0.433 e. The Bertz CT molecular complexity index is 1410. The van der Waals surface area contributed by atoms with Gasteiger partial charge in [0.1, 0.15) is 17.0 Å². The van der Waals surface area contributed by atoms with Gasteiger partial charge in [-0.2, -0.15) is 13.2 Å². The average molecular weight is 580 g/mol. The highest BCUT2D eigenvalue weighted by Crippen LogP contribution is 2.37. The minimum absolute atomic E-state index is 0.0292. The molecule has 216 valence electrons. The van der Waals surface area contributed by atoms with Gasteiger partial charge in [-0.25, -0.2) is 9.78 Å². The van der Waals surface area contributed by atoms with Gasteiger partial charge in [0.15, 0.2) is 0 Å². The molecule has 2 aromatic heterocycles. The minimum atomic E-state index is -4.58. The molecule has 2 N–H and O–H groups in total. The number of carbonyl (C=O) groups excluding carboxylic acids is 2. The van der Waals surface area contributed by atoms with Crippen LogP contribution in [0, 0.1) is 0 Å². The Hall–Kier alpha value is -3.47. The number of ether oxygens (including phenoxy) is 1. The van der Waals surface area contributed by atoms with Gasteiger partial charge < -0.3 is 19.5 Å². The Morgan fingerprint density at radius 1 is 1.10 bits per heavy atom. The van der Waals surface area contributed by atoms with E-state index in [9.17, 15) is 22.8 Å². The highest BCUT2D eigenvalue weighted by molar-refractivity contribution is 6.31. The van der Waals surface area contributed by atoms with Crippen molar-refractivity contribution in [2.75, 3.05) is 17.3 Å². The highest BCUT2D eigenvalue weighted by Gasteiger charge is 2.35. The summed E-state index contributed by atoms with van der Waals surface area (Å²) < 4.78 is 47.6. The first-order valence-corrected chi connectivity index (χ1v) is 13.4. The molecule has 1 aromatic carbocycles. The zero-order chi connectivity index (χ0) is 29.4. The van der Waals surface area contributed by atoms with Crippen molar-refractivity contribution in [2.45, 2.75) is 70.3 Å². The van der Waals surface area contributed by atoms with Gasteiger partial charge in [-0.3, -0.25) is 10.1 Å². The van der Waals surface area contributed by atoms with Crippen LogP contribution in [0.5, 0.6) is 0 Å². The summed E-state index contributed by atoms with van der Waals surface area (Å²) in [6.45, 7) is 5.28. The fourth-order valence-electron chi connectivity index (χ4n) is 4.96. The largest absolute Gasteiger partial charge is 0.444 e. The molecule has 1 fully saturated rings. The number of halogens is 4. The van der Waals surface area contributed by atoms with Crippen molar-refractivity contribution < 1.29 is 27.5 Å². The number of fused-ring (bicyclic) bond motifs is 1. The molecule has 0 atom stereocenters. The predicted octanol–water partition coefficient (Wildman–Crippen LogP) is 6.77. The summed E-state index contributed by atoms with van der Waals surface area (Å²) >= 11 is 6.15. The van der Waals surface area contributed by atoms with Crippen LogP contribution in [0.1, 0.15) is 62.6 Å². The molecule has 2 amide bonds. The third-order valence-electron chi connectivity index (χ3n) is 6.88. The number of aromatic nitrogens is 2.